The molecule has 2 heterocycles. The van der Waals surface area contributed by atoms with Gasteiger partial charge in [0.25, 0.3) is 0 Å². The van der Waals surface area contributed by atoms with Crippen LogP contribution >= 0.6 is 11.6 Å². The number of halogens is 1. The molecule has 4 heteroatoms. The van der Waals surface area contributed by atoms with Gasteiger partial charge < -0.3 is 9.67 Å². The molecule has 0 unspecified atom stereocenters. The van der Waals surface area contributed by atoms with Gasteiger partial charge in [0.1, 0.15) is 5.82 Å². The van der Waals surface area contributed by atoms with Crippen LogP contribution in [0.2, 0.25) is 0 Å². The molecule has 14 heavy (non-hydrogen) atoms. The summed E-state index contributed by atoms with van der Waals surface area (Å²) in [5.74, 6) is 1.64. The molecule has 1 aliphatic heterocycles. The Balaban J connectivity index is 2.36. The second-order valence-electron chi connectivity index (χ2n) is 3.63. The van der Waals surface area contributed by atoms with Gasteiger partial charge in [-0.15, -0.1) is 11.6 Å². The van der Waals surface area contributed by atoms with Crippen molar-refractivity contribution in [1.29, 1.82) is 0 Å². The molecule has 78 valence electrons. The predicted octanol–water partition coefficient (Wildman–Crippen LogP) is 1.49. The van der Waals surface area contributed by atoms with Crippen LogP contribution in [0.4, 0.5) is 0 Å². The first-order valence-corrected chi connectivity index (χ1v) is 5.64. The molecule has 0 bridgehead atoms. The third kappa shape index (κ3) is 1.66. The molecule has 0 spiro atoms. The van der Waals surface area contributed by atoms with Gasteiger partial charge in [-0.3, -0.25) is 0 Å². The summed E-state index contributed by atoms with van der Waals surface area (Å²) in [6.45, 7) is 1.09. The molecule has 0 aromatic carbocycles. The smallest absolute Gasteiger partial charge is 0.110 e. The highest BCUT2D eigenvalue weighted by Crippen LogP contribution is 2.21. The van der Waals surface area contributed by atoms with Gasteiger partial charge >= 0.3 is 0 Å². The molecule has 1 aliphatic rings. The van der Waals surface area contributed by atoms with Gasteiger partial charge in [0.15, 0.2) is 0 Å². The second-order valence-corrected chi connectivity index (χ2v) is 4.01. The highest BCUT2D eigenvalue weighted by Gasteiger charge is 2.18. The Hall–Kier alpha value is -0.540. The van der Waals surface area contributed by atoms with Gasteiger partial charge in [0.2, 0.25) is 0 Å². The average molecular weight is 215 g/mol. The van der Waals surface area contributed by atoms with Crippen LogP contribution in [0.25, 0.3) is 0 Å². The average Bonchev–Trinajstić information content (AvgIpc) is 2.58. The van der Waals surface area contributed by atoms with Crippen molar-refractivity contribution in [1.82, 2.24) is 9.55 Å². The fourth-order valence-corrected chi connectivity index (χ4v) is 2.27. The summed E-state index contributed by atoms with van der Waals surface area (Å²) in [6.07, 6.45) is 4.27. The molecular formula is C10H15ClN2O. The van der Waals surface area contributed by atoms with Crippen molar-refractivity contribution in [3.05, 3.63) is 17.2 Å². The number of hydrogen-bond acceptors (Lipinski definition) is 2. The van der Waals surface area contributed by atoms with Crippen molar-refractivity contribution in [2.24, 2.45) is 0 Å². The topological polar surface area (TPSA) is 38.1 Å². The van der Waals surface area contributed by atoms with E-state index in [0.717, 1.165) is 30.9 Å². The molecule has 1 aromatic rings. The zero-order valence-corrected chi connectivity index (χ0v) is 8.93. The third-order valence-electron chi connectivity index (χ3n) is 2.75. The number of aliphatic hydroxyl groups excluding tert-OH is 1. The zero-order valence-electron chi connectivity index (χ0n) is 8.17. The number of alkyl halides is 1. The van der Waals surface area contributed by atoms with Crippen molar-refractivity contribution in [2.45, 2.75) is 38.8 Å². The Morgan fingerprint density at radius 1 is 1.43 bits per heavy atom. The van der Waals surface area contributed by atoms with E-state index in [0.29, 0.717) is 5.88 Å². The molecule has 3 nitrogen and oxygen atoms in total. The molecule has 0 radical (unpaired) electrons. The van der Waals surface area contributed by atoms with Gasteiger partial charge in [-0.2, -0.15) is 0 Å². The van der Waals surface area contributed by atoms with Crippen molar-refractivity contribution in [3.8, 4) is 0 Å². The quantitative estimate of drug-likeness (QED) is 0.775. The summed E-state index contributed by atoms with van der Waals surface area (Å²) in [6, 6.07) is 0. The van der Waals surface area contributed by atoms with Crippen LogP contribution in [0.1, 0.15) is 30.1 Å². The fraction of sp³-hybridized carbons (Fsp3) is 0.700. The first-order chi connectivity index (χ1) is 6.86. The highest BCUT2D eigenvalue weighted by atomic mass is 35.5. The standard InChI is InChI=1S/C10H15ClN2O/c11-5-4-10-12-8(7-14)9-3-1-2-6-13(9)10/h14H,1-7H2. The lowest BCUT2D eigenvalue weighted by Crippen LogP contribution is -2.13. The van der Waals surface area contributed by atoms with E-state index in [1.807, 2.05) is 0 Å². The Kier molecular flexibility index (Phi) is 3.08. The maximum atomic E-state index is 9.17. The number of aliphatic hydroxyl groups is 1. The van der Waals surface area contributed by atoms with E-state index < -0.39 is 0 Å². The van der Waals surface area contributed by atoms with Crippen LogP contribution < -0.4 is 0 Å². The third-order valence-corrected chi connectivity index (χ3v) is 2.94. The van der Waals surface area contributed by atoms with Crippen molar-refractivity contribution in [3.63, 3.8) is 0 Å². The van der Waals surface area contributed by atoms with E-state index in [2.05, 4.69) is 9.55 Å². The van der Waals surface area contributed by atoms with Crippen molar-refractivity contribution in [2.75, 3.05) is 5.88 Å². The summed E-state index contributed by atoms with van der Waals surface area (Å²) in [4.78, 5) is 4.43. The molecule has 1 N–H and O–H groups in total. The second kappa shape index (κ2) is 4.32. The number of fused-ring (bicyclic) bond motifs is 1. The van der Waals surface area contributed by atoms with E-state index in [1.54, 1.807) is 0 Å². The number of imidazole rings is 1. The number of hydrogen-bond donors (Lipinski definition) is 1. The van der Waals surface area contributed by atoms with Gasteiger partial charge in [0, 0.05) is 24.5 Å². The van der Waals surface area contributed by atoms with Crippen LogP contribution in [0, 0.1) is 0 Å². The van der Waals surface area contributed by atoms with E-state index in [9.17, 15) is 0 Å². The van der Waals surface area contributed by atoms with Gasteiger partial charge in [-0.25, -0.2) is 4.98 Å². The van der Waals surface area contributed by atoms with Crippen LogP contribution in [-0.4, -0.2) is 20.5 Å². The summed E-state index contributed by atoms with van der Waals surface area (Å²) < 4.78 is 2.23. The minimum Gasteiger partial charge on any atom is -0.390 e. The summed E-state index contributed by atoms with van der Waals surface area (Å²) >= 11 is 5.72. The Morgan fingerprint density at radius 3 is 3.00 bits per heavy atom. The normalized spacial score (nSPS) is 15.6. The van der Waals surface area contributed by atoms with Crippen molar-refractivity contribution < 1.29 is 5.11 Å². The molecule has 0 aliphatic carbocycles. The lowest BCUT2D eigenvalue weighted by atomic mass is 10.1. The Morgan fingerprint density at radius 2 is 2.29 bits per heavy atom. The Labute approximate surface area is 88.7 Å². The number of rotatable bonds is 3. The minimum atomic E-state index is 0.0532. The first-order valence-electron chi connectivity index (χ1n) is 5.10. The van der Waals surface area contributed by atoms with Crippen LogP contribution in [0.5, 0.6) is 0 Å². The van der Waals surface area contributed by atoms with E-state index in [4.69, 9.17) is 16.7 Å². The summed E-state index contributed by atoms with van der Waals surface area (Å²) in [7, 11) is 0. The van der Waals surface area contributed by atoms with Crippen LogP contribution in [0.3, 0.4) is 0 Å². The predicted molar refractivity (Wildman–Crippen MR) is 55.5 cm³/mol. The number of nitrogens with zero attached hydrogens (tertiary/aromatic N) is 2. The summed E-state index contributed by atoms with van der Waals surface area (Å²) in [5.41, 5.74) is 2.07. The molecule has 0 amide bonds. The zero-order chi connectivity index (χ0) is 9.97. The number of aromatic nitrogens is 2. The summed E-state index contributed by atoms with van der Waals surface area (Å²) in [5, 5.41) is 9.17. The molecule has 1 aromatic heterocycles. The lowest BCUT2D eigenvalue weighted by molar-refractivity contribution is 0.275. The minimum absolute atomic E-state index is 0.0532. The first kappa shape index (κ1) is 9.99. The molecule has 0 saturated heterocycles. The molecule has 0 atom stereocenters. The van der Waals surface area contributed by atoms with E-state index in [-0.39, 0.29) is 6.61 Å². The maximum absolute atomic E-state index is 9.17. The van der Waals surface area contributed by atoms with Crippen LogP contribution in [-0.2, 0) is 26.0 Å². The van der Waals surface area contributed by atoms with Crippen molar-refractivity contribution >= 4 is 11.6 Å². The fourth-order valence-electron chi connectivity index (χ4n) is 2.10. The maximum Gasteiger partial charge on any atom is 0.110 e. The molecular weight excluding hydrogens is 200 g/mol. The van der Waals surface area contributed by atoms with Crippen LogP contribution in [0.15, 0.2) is 0 Å². The SMILES string of the molecule is OCc1nc(CCCl)n2c1CCCC2. The Bertz CT molecular complexity index is 322. The number of aryl methyl sites for hydroxylation is 1. The molecule has 0 saturated carbocycles. The van der Waals surface area contributed by atoms with Gasteiger partial charge in [-0.05, 0) is 19.3 Å². The molecule has 2 rings (SSSR count). The lowest BCUT2D eigenvalue weighted by Gasteiger charge is -2.16. The van der Waals surface area contributed by atoms with E-state index in [1.165, 1.54) is 18.5 Å². The van der Waals surface area contributed by atoms with E-state index >= 15 is 0 Å². The monoisotopic (exact) mass is 214 g/mol. The highest BCUT2D eigenvalue weighted by molar-refractivity contribution is 6.17. The largest absolute Gasteiger partial charge is 0.390 e. The molecule has 0 fully saturated rings. The van der Waals surface area contributed by atoms with Gasteiger partial charge in [-0.1, -0.05) is 0 Å². The van der Waals surface area contributed by atoms with Gasteiger partial charge in [0.05, 0.1) is 12.3 Å².